The van der Waals surface area contributed by atoms with Crippen molar-refractivity contribution in [3.05, 3.63) is 68.1 Å². The van der Waals surface area contributed by atoms with Crippen LogP contribution in [0.5, 0.6) is 0 Å². The van der Waals surface area contributed by atoms with Crippen molar-refractivity contribution in [2.24, 2.45) is 17.6 Å². The molecular weight excluding hydrogens is 560 g/mol. The van der Waals surface area contributed by atoms with E-state index in [4.69, 9.17) is 38.2 Å². The lowest BCUT2D eigenvalue weighted by Gasteiger charge is -2.41. The number of hydrogen-bond donors (Lipinski definition) is 2. The lowest BCUT2D eigenvalue weighted by Crippen LogP contribution is -2.44. The molecule has 0 radical (unpaired) electrons. The summed E-state index contributed by atoms with van der Waals surface area (Å²) < 4.78 is 27.7. The van der Waals surface area contributed by atoms with Crippen molar-refractivity contribution in [1.82, 2.24) is 10.1 Å². The summed E-state index contributed by atoms with van der Waals surface area (Å²) in [6.07, 6.45) is 5.26. The van der Waals surface area contributed by atoms with Gasteiger partial charge in [-0.1, -0.05) is 34.4 Å². The van der Waals surface area contributed by atoms with Crippen LogP contribution in [0.15, 0.2) is 34.9 Å². The second-order valence-electron chi connectivity index (χ2n) is 11.1. The lowest BCUT2D eigenvalue weighted by atomic mass is 9.73. The van der Waals surface area contributed by atoms with Gasteiger partial charge in [-0.3, -0.25) is 0 Å². The number of aromatic nitrogens is 2. The lowest BCUT2D eigenvalue weighted by molar-refractivity contribution is -0.116. The SMILES string of the molecule is NCc1cc(F)c2nc(C3(O)[C@@H]4CC[C@H]3CC(OCc3c(-c5c(Cl)cccc5Cl)noc3C3CC3)C4)sc2c1. The van der Waals surface area contributed by atoms with Crippen LogP contribution in [0, 0.1) is 17.7 Å². The van der Waals surface area contributed by atoms with Crippen LogP contribution in [0.25, 0.3) is 21.5 Å². The molecule has 6 nitrogen and oxygen atoms in total. The Morgan fingerprint density at radius 1 is 1.13 bits per heavy atom. The third-order valence-corrected chi connectivity index (χ3v) is 10.5. The molecule has 3 aliphatic carbocycles. The smallest absolute Gasteiger partial charge is 0.150 e. The van der Waals surface area contributed by atoms with Gasteiger partial charge in [0, 0.05) is 23.6 Å². The molecule has 3 N–H and O–H groups in total. The Kier molecular flexibility index (Phi) is 6.49. The van der Waals surface area contributed by atoms with Crippen LogP contribution in [0.4, 0.5) is 4.39 Å². The number of benzene rings is 2. The van der Waals surface area contributed by atoms with Gasteiger partial charge >= 0.3 is 0 Å². The average Bonchev–Trinajstić information content (AvgIpc) is 3.49. The number of thiazole rings is 1. The molecule has 2 heterocycles. The van der Waals surface area contributed by atoms with Crippen LogP contribution in [0.3, 0.4) is 0 Å². The molecule has 204 valence electrons. The van der Waals surface area contributed by atoms with Crippen molar-refractivity contribution in [2.45, 2.75) is 69.3 Å². The Morgan fingerprint density at radius 2 is 1.85 bits per heavy atom. The number of fused-ring (bicyclic) bond motifs is 3. The zero-order chi connectivity index (χ0) is 26.9. The average molecular weight is 589 g/mol. The second-order valence-corrected chi connectivity index (χ2v) is 12.9. The fourth-order valence-corrected chi connectivity index (χ4v) is 8.44. The van der Waals surface area contributed by atoms with Gasteiger partial charge in [0.25, 0.3) is 0 Å². The molecule has 2 aromatic carbocycles. The van der Waals surface area contributed by atoms with Crippen LogP contribution in [0.1, 0.15) is 66.3 Å². The molecule has 7 rings (SSSR count). The van der Waals surface area contributed by atoms with Crippen LogP contribution < -0.4 is 5.73 Å². The molecule has 0 amide bonds. The highest BCUT2D eigenvalue weighted by Crippen LogP contribution is 2.57. The first-order valence-corrected chi connectivity index (χ1v) is 15.0. The van der Waals surface area contributed by atoms with E-state index < -0.39 is 11.4 Å². The summed E-state index contributed by atoms with van der Waals surface area (Å²) in [4.78, 5) is 4.60. The molecule has 2 bridgehead atoms. The number of nitrogens with zero attached hydrogens (tertiary/aromatic N) is 2. The first-order valence-electron chi connectivity index (χ1n) is 13.4. The van der Waals surface area contributed by atoms with Gasteiger partial charge in [-0.25, -0.2) is 9.37 Å². The fraction of sp³-hybridized carbons (Fsp3) is 0.448. The maximum Gasteiger partial charge on any atom is 0.150 e. The quantitative estimate of drug-likeness (QED) is 0.235. The van der Waals surface area contributed by atoms with Crippen LogP contribution in [-0.4, -0.2) is 21.4 Å². The Hall–Kier alpha value is -2.07. The molecule has 10 heteroatoms. The molecule has 2 unspecified atom stereocenters. The minimum Gasteiger partial charge on any atom is -0.382 e. The van der Waals surface area contributed by atoms with Gasteiger partial charge in [0.2, 0.25) is 0 Å². The zero-order valence-electron chi connectivity index (χ0n) is 21.1. The highest BCUT2D eigenvalue weighted by atomic mass is 35.5. The molecule has 4 aromatic rings. The Morgan fingerprint density at radius 3 is 2.51 bits per heavy atom. The van der Waals surface area contributed by atoms with Crippen molar-refractivity contribution >= 4 is 44.8 Å². The van der Waals surface area contributed by atoms with Gasteiger partial charge in [0.15, 0.2) is 5.82 Å². The monoisotopic (exact) mass is 587 g/mol. The van der Waals surface area contributed by atoms with E-state index in [2.05, 4.69) is 10.1 Å². The van der Waals surface area contributed by atoms with Crippen LogP contribution in [0.2, 0.25) is 10.0 Å². The third kappa shape index (κ3) is 4.31. The van der Waals surface area contributed by atoms with Gasteiger partial charge < -0.3 is 20.1 Å². The van der Waals surface area contributed by atoms with E-state index in [9.17, 15) is 9.50 Å². The second kappa shape index (κ2) is 9.79. The maximum absolute atomic E-state index is 14.7. The van der Waals surface area contributed by atoms with Gasteiger partial charge in [-0.05, 0) is 80.2 Å². The van der Waals surface area contributed by atoms with Gasteiger partial charge in [0.05, 0.1) is 27.5 Å². The number of hydrogen-bond acceptors (Lipinski definition) is 7. The molecule has 0 aliphatic heterocycles. The summed E-state index contributed by atoms with van der Waals surface area (Å²) in [6.45, 7) is 0.594. The molecule has 4 atom stereocenters. The number of rotatable bonds is 7. The topological polar surface area (TPSA) is 94.4 Å². The summed E-state index contributed by atoms with van der Waals surface area (Å²) in [5.74, 6) is 0.782. The Bertz CT molecular complexity index is 1530. The zero-order valence-corrected chi connectivity index (χ0v) is 23.5. The van der Waals surface area contributed by atoms with Crippen molar-refractivity contribution in [3.8, 4) is 11.3 Å². The molecule has 0 saturated heterocycles. The first kappa shape index (κ1) is 25.9. The Labute approximate surface area is 239 Å². The van der Waals surface area contributed by atoms with Gasteiger partial charge in [0.1, 0.15) is 27.6 Å². The summed E-state index contributed by atoms with van der Waals surface area (Å²) in [5.41, 5.74) is 7.89. The molecule has 0 spiro atoms. The molecule has 3 aliphatic rings. The predicted molar refractivity (Wildman–Crippen MR) is 149 cm³/mol. The summed E-state index contributed by atoms with van der Waals surface area (Å²) in [6, 6.07) is 8.70. The summed E-state index contributed by atoms with van der Waals surface area (Å²) in [7, 11) is 0. The normalized spacial score (nSPS) is 26.5. The molecule has 3 fully saturated rings. The largest absolute Gasteiger partial charge is 0.382 e. The number of ether oxygens (including phenoxy) is 1. The molecular formula is C29H28Cl2FN3O3S. The third-order valence-electron chi connectivity index (χ3n) is 8.72. The van der Waals surface area contributed by atoms with Crippen LogP contribution >= 0.6 is 34.5 Å². The minimum absolute atomic E-state index is 0.0123. The van der Waals surface area contributed by atoms with Gasteiger partial charge in [-0.2, -0.15) is 0 Å². The van der Waals surface area contributed by atoms with Gasteiger partial charge in [-0.15, -0.1) is 11.3 Å². The van der Waals surface area contributed by atoms with E-state index in [1.54, 1.807) is 12.1 Å². The number of halogens is 3. The molecule has 39 heavy (non-hydrogen) atoms. The predicted octanol–water partition coefficient (Wildman–Crippen LogP) is 7.33. The molecule has 2 aromatic heterocycles. The van der Waals surface area contributed by atoms with E-state index in [0.717, 1.165) is 47.3 Å². The van der Waals surface area contributed by atoms with E-state index in [1.807, 2.05) is 12.1 Å². The Balaban J connectivity index is 1.13. The standard InChI is InChI=1S/C29H28Cl2FN3O3S/c30-20-2-1-3-21(31)24(20)25-19(27(38-35-25)15-4-5-15)13-37-18-10-16-6-7-17(11-18)29(16,36)28-34-26-22(32)8-14(12-33)9-23(26)39-28/h1-3,8-9,15-18,36H,4-7,10-13,33H2/t16-,17+,18?,29?. The maximum atomic E-state index is 14.7. The van der Waals surface area contributed by atoms with E-state index in [1.165, 1.54) is 17.4 Å². The van der Waals surface area contributed by atoms with Crippen molar-refractivity contribution < 1.29 is 18.8 Å². The van der Waals surface area contributed by atoms with Crippen molar-refractivity contribution in [2.75, 3.05) is 0 Å². The minimum atomic E-state index is -1.08. The number of aliphatic hydroxyl groups is 1. The van der Waals surface area contributed by atoms with Crippen molar-refractivity contribution in [3.63, 3.8) is 0 Å². The van der Waals surface area contributed by atoms with E-state index >= 15 is 0 Å². The van der Waals surface area contributed by atoms with E-state index in [0.29, 0.717) is 57.2 Å². The summed E-state index contributed by atoms with van der Waals surface area (Å²) in [5, 5.41) is 18.0. The fourth-order valence-electron chi connectivity index (χ4n) is 6.57. The highest BCUT2D eigenvalue weighted by molar-refractivity contribution is 7.18. The first-order chi connectivity index (χ1) is 18.9. The van der Waals surface area contributed by atoms with Crippen LogP contribution in [-0.2, 0) is 23.5 Å². The summed E-state index contributed by atoms with van der Waals surface area (Å²) >= 11 is 14.4. The number of nitrogens with two attached hydrogens (primary N) is 1. The van der Waals surface area contributed by atoms with Crippen molar-refractivity contribution in [1.29, 1.82) is 0 Å². The van der Waals surface area contributed by atoms with E-state index in [-0.39, 0.29) is 24.5 Å². The highest BCUT2D eigenvalue weighted by Gasteiger charge is 2.56. The molecule has 3 saturated carbocycles.